The van der Waals surface area contributed by atoms with Gasteiger partial charge in [-0.05, 0) is 12.8 Å². The number of hydrogen-bond acceptors (Lipinski definition) is 2. The van der Waals surface area contributed by atoms with E-state index < -0.39 is 0 Å². The van der Waals surface area contributed by atoms with E-state index >= 15 is 0 Å². The van der Waals surface area contributed by atoms with Gasteiger partial charge in [-0.15, -0.1) is 0 Å². The van der Waals surface area contributed by atoms with Crippen LogP contribution in [-0.4, -0.2) is 18.3 Å². The van der Waals surface area contributed by atoms with Crippen molar-refractivity contribution in [1.82, 2.24) is 5.01 Å². The van der Waals surface area contributed by atoms with E-state index in [9.17, 15) is 0 Å². The first-order valence-corrected chi connectivity index (χ1v) is 2.76. The van der Waals surface area contributed by atoms with Crippen LogP contribution in [0.15, 0.2) is 17.4 Å². The summed E-state index contributed by atoms with van der Waals surface area (Å²) in [5, 5.41) is 5.60. The van der Waals surface area contributed by atoms with Crippen LogP contribution in [0.4, 0.5) is 0 Å². The third-order valence-electron chi connectivity index (χ3n) is 1.37. The monoisotopic (exact) mass is 110 g/mol. The van der Waals surface area contributed by atoms with Gasteiger partial charge in [-0.1, -0.05) is 6.58 Å². The molecule has 0 aromatic rings. The predicted molar refractivity (Wildman–Crippen MR) is 34.6 cm³/mol. The molecule has 2 nitrogen and oxygen atoms in total. The van der Waals surface area contributed by atoms with E-state index in [-0.39, 0.29) is 0 Å². The molecule has 1 saturated heterocycles. The van der Waals surface area contributed by atoms with Gasteiger partial charge in [0.05, 0.1) is 0 Å². The lowest BCUT2D eigenvalue weighted by atomic mass is 10.3. The molecule has 0 atom stereocenters. The van der Waals surface area contributed by atoms with Crippen LogP contribution < -0.4 is 0 Å². The van der Waals surface area contributed by atoms with Crippen LogP contribution in [0.25, 0.3) is 0 Å². The summed E-state index contributed by atoms with van der Waals surface area (Å²) in [5.74, 6) is 0. The predicted octanol–water partition coefficient (Wildman–Crippen LogP) is 1.21. The maximum absolute atomic E-state index is 3.80. The standard InChI is InChI=1S/C6H10N2/c1-6-4-3-5-8(6)7-2/h1-5H2. The number of hydrazone groups is 1. The van der Waals surface area contributed by atoms with E-state index in [0.717, 1.165) is 18.7 Å². The number of nitrogens with zero attached hydrogens (tertiary/aromatic N) is 2. The van der Waals surface area contributed by atoms with E-state index in [1.54, 1.807) is 0 Å². The Hall–Kier alpha value is -0.790. The van der Waals surface area contributed by atoms with E-state index in [0.29, 0.717) is 0 Å². The Bertz CT molecular complexity index is 118. The van der Waals surface area contributed by atoms with Crippen molar-refractivity contribution in [3.63, 3.8) is 0 Å². The third kappa shape index (κ3) is 0.735. The normalized spacial score (nSPS) is 19.5. The third-order valence-corrected chi connectivity index (χ3v) is 1.37. The van der Waals surface area contributed by atoms with Crippen molar-refractivity contribution < 1.29 is 0 Å². The summed E-state index contributed by atoms with van der Waals surface area (Å²) in [6.07, 6.45) is 2.26. The maximum atomic E-state index is 3.80. The van der Waals surface area contributed by atoms with Gasteiger partial charge in [-0.25, -0.2) is 0 Å². The fourth-order valence-corrected chi connectivity index (χ4v) is 0.891. The van der Waals surface area contributed by atoms with E-state index in [1.165, 1.54) is 6.42 Å². The second-order valence-corrected chi connectivity index (χ2v) is 1.93. The minimum atomic E-state index is 1.00. The molecule has 1 fully saturated rings. The van der Waals surface area contributed by atoms with Gasteiger partial charge in [0.15, 0.2) is 0 Å². The molecule has 2 heteroatoms. The van der Waals surface area contributed by atoms with Crippen molar-refractivity contribution in [1.29, 1.82) is 0 Å². The van der Waals surface area contributed by atoms with Crippen LogP contribution in [0.5, 0.6) is 0 Å². The lowest BCUT2D eigenvalue weighted by Gasteiger charge is -2.08. The summed E-state index contributed by atoms with van der Waals surface area (Å²) in [7, 11) is 0. The van der Waals surface area contributed by atoms with E-state index in [4.69, 9.17) is 0 Å². The molecular formula is C6H10N2. The zero-order chi connectivity index (χ0) is 5.98. The Morgan fingerprint density at radius 3 is 2.62 bits per heavy atom. The van der Waals surface area contributed by atoms with E-state index in [1.807, 2.05) is 5.01 Å². The topological polar surface area (TPSA) is 15.6 Å². The quantitative estimate of drug-likeness (QED) is 0.463. The second-order valence-electron chi connectivity index (χ2n) is 1.93. The molecule has 0 spiro atoms. The van der Waals surface area contributed by atoms with Crippen LogP contribution in [0.3, 0.4) is 0 Å². The number of rotatable bonds is 1. The average molecular weight is 110 g/mol. The Kier molecular flexibility index (Phi) is 1.33. The van der Waals surface area contributed by atoms with Gasteiger partial charge in [-0.3, -0.25) is 5.01 Å². The Morgan fingerprint density at radius 1 is 1.62 bits per heavy atom. The molecule has 0 bridgehead atoms. The first kappa shape index (κ1) is 5.35. The summed E-state index contributed by atoms with van der Waals surface area (Å²) >= 11 is 0. The lowest BCUT2D eigenvalue weighted by Crippen LogP contribution is -2.06. The molecular weight excluding hydrogens is 100 g/mol. The van der Waals surface area contributed by atoms with E-state index in [2.05, 4.69) is 18.4 Å². The highest BCUT2D eigenvalue weighted by Gasteiger charge is 2.11. The summed E-state index contributed by atoms with van der Waals surface area (Å²) in [6, 6.07) is 0. The molecule has 1 aliphatic heterocycles. The number of allylic oxidation sites excluding steroid dienone is 1. The molecule has 1 heterocycles. The number of hydrogen-bond donors (Lipinski definition) is 0. The lowest BCUT2D eigenvalue weighted by molar-refractivity contribution is 0.424. The first-order valence-electron chi connectivity index (χ1n) is 2.76. The molecule has 0 radical (unpaired) electrons. The second kappa shape index (κ2) is 1.99. The molecule has 44 valence electrons. The van der Waals surface area contributed by atoms with Crippen LogP contribution in [0, 0.1) is 0 Å². The maximum Gasteiger partial charge on any atom is 0.0415 e. The Balaban J connectivity index is 2.54. The fourth-order valence-electron chi connectivity index (χ4n) is 0.891. The van der Waals surface area contributed by atoms with Crippen LogP contribution in [0.2, 0.25) is 0 Å². The van der Waals surface area contributed by atoms with Crippen molar-refractivity contribution in [2.45, 2.75) is 12.8 Å². The van der Waals surface area contributed by atoms with Gasteiger partial charge in [0.2, 0.25) is 0 Å². The van der Waals surface area contributed by atoms with Crippen molar-refractivity contribution in [2.24, 2.45) is 5.10 Å². The highest BCUT2D eigenvalue weighted by Crippen LogP contribution is 2.17. The van der Waals surface area contributed by atoms with Crippen molar-refractivity contribution >= 4 is 6.72 Å². The smallest absolute Gasteiger partial charge is 0.0415 e. The van der Waals surface area contributed by atoms with Gasteiger partial charge in [0.25, 0.3) is 0 Å². The highest BCUT2D eigenvalue weighted by molar-refractivity contribution is 5.23. The molecule has 0 N–H and O–H groups in total. The summed E-state index contributed by atoms with van der Waals surface area (Å²) < 4.78 is 0. The van der Waals surface area contributed by atoms with Crippen LogP contribution in [-0.2, 0) is 0 Å². The molecule has 0 aromatic carbocycles. The van der Waals surface area contributed by atoms with Crippen LogP contribution in [0.1, 0.15) is 12.8 Å². The van der Waals surface area contributed by atoms with Gasteiger partial charge in [0, 0.05) is 19.0 Å². The van der Waals surface area contributed by atoms with Crippen LogP contribution >= 0.6 is 0 Å². The van der Waals surface area contributed by atoms with Crippen molar-refractivity contribution in [3.8, 4) is 0 Å². The van der Waals surface area contributed by atoms with Gasteiger partial charge in [0.1, 0.15) is 0 Å². The first-order chi connectivity index (χ1) is 3.84. The summed E-state index contributed by atoms with van der Waals surface area (Å²) in [4.78, 5) is 0. The van der Waals surface area contributed by atoms with Crippen molar-refractivity contribution in [3.05, 3.63) is 12.3 Å². The van der Waals surface area contributed by atoms with Gasteiger partial charge < -0.3 is 0 Å². The molecule has 1 rings (SSSR count). The molecule has 0 saturated carbocycles. The molecule has 0 aliphatic carbocycles. The summed E-state index contributed by atoms with van der Waals surface area (Å²) in [6.45, 7) is 8.21. The van der Waals surface area contributed by atoms with Gasteiger partial charge >= 0.3 is 0 Å². The Morgan fingerprint density at radius 2 is 2.38 bits per heavy atom. The minimum absolute atomic E-state index is 1.00. The SMILES string of the molecule is C=NN1CCCC1=C. The van der Waals surface area contributed by atoms with Gasteiger partial charge in [-0.2, -0.15) is 5.10 Å². The minimum Gasteiger partial charge on any atom is -0.271 e. The van der Waals surface area contributed by atoms with Crippen molar-refractivity contribution in [2.75, 3.05) is 6.54 Å². The molecule has 0 unspecified atom stereocenters. The Labute approximate surface area is 49.5 Å². The molecule has 0 amide bonds. The largest absolute Gasteiger partial charge is 0.271 e. The molecule has 0 aromatic heterocycles. The average Bonchev–Trinajstić information content (AvgIpc) is 2.14. The zero-order valence-corrected chi connectivity index (χ0v) is 4.93. The molecule has 8 heavy (non-hydrogen) atoms. The zero-order valence-electron chi connectivity index (χ0n) is 4.93. The summed E-state index contributed by atoms with van der Waals surface area (Å²) in [5.41, 5.74) is 1.10. The molecule has 1 aliphatic rings. The highest BCUT2D eigenvalue weighted by atomic mass is 15.5. The fraction of sp³-hybridized carbons (Fsp3) is 0.500.